The van der Waals surface area contributed by atoms with E-state index in [1.807, 2.05) is 19.2 Å². The number of nitrogens with zero attached hydrogens (tertiary/aromatic N) is 4. The Morgan fingerprint density at radius 2 is 2.00 bits per heavy atom. The van der Waals surface area contributed by atoms with Gasteiger partial charge < -0.3 is 5.73 Å². The highest BCUT2D eigenvalue weighted by Crippen LogP contribution is 2.18. The highest BCUT2D eigenvalue weighted by atomic mass is 15.3. The van der Waals surface area contributed by atoms with Crippen LogP contribution in [0.2, 0.25) is 0 Å². The molecule has 0 aliphatic carbocycles. The summed E-state index contributed by atoms with van der Waals surface area (Å²) in [6, 6.07) is 5.50. The summed E-state index contributed by atoms with van der Waals surface area (Å²) in [5, 5.41) is 4.34. The van der Waals surface area contributed by atoms with E-state index in [4.69, 9.17) is 5.73 Å². The molecule has 0 aliphatic rings. The molecule has 2 N–H and O–H groups in total. The van der Waals surface area contributed by atoms with Crippen LogP contribution in [-0.4, -0.2) is 19.7 Å². The Morgan fingerprint density at radius 1 is 1.25 bits per heavy atom. The lowest BCUT2D eigenvalue weighted by atomic mass is 10.2. The average Bonchev–Trinajstić information content (AvgIpc) is 2.60. The lowest BCUT2D eigenvalue weighted by molar-refractivity contribution is 0.712. The van der Waals surface area contributed by atoms with E-state index in [2.05, 4.69) is 28.9 Å². The zero-order valence-corrected chi connectivity index (χ0v) is 9.68. The van der Waals surface area contributed by atoms with Crippen molar-refractivity contribution < 1.29 is 0 Å². The summed E-state index contributed by atoms with van der Waals surface area (Å²) in [5.41, 5.74) is 6.40. The number of rotatable bonds is 2. The Bertz CT molecular complexity index is 501. The van der Waals surface area contributed by atoms with Gasteiger partial charge in [0, 0.05) is 13.0 Å². The highest BCUT2D eigenvalue weighted by Gasteiger charge is 2.12. The third kappa shape index (κ3) is 1.88. The maximum atomic E-state index is 5.64. The number of pyridine rings is 1. The lowest BCUT2D eigenvalue weighted by Gasteiger charge is -1.99. The topological polar surface area (TPSA) is 69.6 Å². The fraction of sp³-hybridized carbons (Fsp3) is 0.364. The molecule has 84 valence electrons. The van der Waals surface area contributed by atoms with Gasteiger partial charge in [0.15, 0.2) is 11.6 Å². The van der Waals surface area contributed by atoms with E-state index < -0.39 is 0 Å². The summed E-state index contributed by atoms with van der Waals surface area (Å²) in [5.74, 6) is 2.37. The van der Waals surface area contributed by atoms with Crippen LogP contribution in [0.4, 0.5) is 5.82 Å². The molecule has 0 radical (unpaired) electrons. The van der Waals surface area contributed by atoms with Crippen molar-refractivity contribution in [2.45, 2.75) is 19.8 Å². The maximum absolute atomic E-state index is 5.64. The summed E-state index contributed by atoms with van der Waals surface area (Å²) < 4.78 is 1.73. The first-order valence-electron chi connectivity index (χ1n) is 5.21. The standard InChI is InChI=1S/C11H15N5/c1-7(2)10-14-11(16(3)15-10)8-5-4-6-9(12)13-8/h4-7H,1-3H3,(H2,12,13). The van der Waals surface area contributed by atoms with Gasteiger partial charge in [0.25, 0.3) is 0 Å². The molecule has 2 heterocycles. The fourth-order valence-corrected chi connectivity index (χ4v) is 1.45. The molecule has 0 saturated carbocycles. The van der Waals surface area contributed by atoms with Crippen LogP contribution in [0.5, 0.6) is 0 Å². The molecule has 0 bridgehead atoms. The van der Waals surface area contributed by atoms with Crippen molar-refractivity contribution in [1.29, 1.82) is 0 Å². The van der Waals surface area contributed by atoms with Gasteiger partial charge in [0.1, 0.15) is 11.5 Å². The summed E-state index contributed by atoms with van der Waals surface area (Å²) in [4.78, 5) is 8.69. The van der Waals surface area contributed by atoms with E-state index in [-0.39, 0.29) is 0 Å². The van der Waals surface area contributed by atoms with Gasteiger partial charge in [0.2, 0.25) is 0 Å². The third-order valence-electron chi connectivity index (χ3n) is 2.30. The second kappa shape index (κ2) is 3.92. The first kappa shape index (κ1) is 10.6. The third-order valence-corrected chi connectivity index (χ3v) is 2.30. The van der Waals surface area contributed by atoms with Crippen molar-refractivity contribution in [3.05, 3.63) is 24.0 Å². The molecule has 2 aromatic heterocycles. The van der Waals surface area contributed by atoms with E-state index >= 15 is 0 Å². The largest absolute Gasteiger partial charge is 0.384 e. The molecular weight excluding hydrogens is 202 g/mol. The molecule has 2 aromatic rings. The Balaban J connectivity index is 2.48. The summed E-state index contributed by atoms with van der Waals surface area (Å²) in [7, 11) is 1.86. The van der Waals surface area contributed by atoms with Gasteiger partial charge in [-0.3, -0.25) is 0 Å². The van der Waals surface area contributed by atoms with Crippen molar-refractivity contribution in [3.8, 4) is 11.5 Å². The van der Waals surface area contributed by atoms with Crippen LogP contribution >= 0.6 is 0 Å². The average molecular weight is 217 g/mol. The molecule has 0 aromatic carbocycles. The predicted molar refractivity (Wildman–Crippen MR) is 62.7 cm³/mol. The summed E-state index contributed by atoms with van der Waals surface area (Å²) in [6.07, 6.45) is 0. The second-order valence-electron chi connectivity index (χ2n) is 4.02. The van der Waals surface area contributed by atoms with Gasteiger partial charge in [-0.05, 0) is 12.1 Å². The molecule has 0 amide bonds. The van der Waals surface area contributed by atoms with E-state index in [1.165, 1.54) is 0 Å². The Labute approximate surface area is 94.3 Å². The minimum Gasteiger partial charge on any atom is -0.384 e. The molecule has 0 unspecified atom stereocenters. The first-order valence-corrected chi connectivity index (χ1v) is 5.21. The Kier molecular flexibility index (Phi) is 2.60. The molecule has 0 spiro atoms. The van der Waals surface area contributed by atoms with Gasteiger partial charge >= 0.3 is 0 Å². The SMILES string of the molecule is CC(C)c1nc(-c2cccc(N)n2)n(C)n1. The van der Waals surface area contributed by atoms with Crippen LogP contribution < -0.4 is 5.73 Å². The minimum absolute atomic E-state index is 0.306. The molecule has 0 aliphatic heterocycles. The molecule has 2 rings (SSSR count). The summed E-state index contributed by atoms with van der Waals surface area (Å²) in [6.45, 7) is 4.12. The fourth-order valence-electron chi connectivity index (χ4n) is 1.45. The quantitative estimate of drug-likeness (QED) is 0.829. The van der Waals surface area contributed by atoms with Crippen LogP contribution in [0.3, 0.4) is 0 Å². The van der Waals surface area contributed by atoms with Crippen LogP contribution in [-0.2, 0) is 7.05 Å². The van der Waals surface area contributed by atoms with Crippen molar-refractivity contribution in [3.63, 3.8) is 0 Å². The highest BCUT2D eigenvalue weighted by molar-refractivity contribution is 5.52. The van der Waals surface area contributed by atoms with Crippen molar-refractivity contribution >= 4 is 5.82 Å². The smallest absolute Gasteiger partial charge is 0.176 e. The van der Waals surface area contributed by atoms with E-state index in [0.29, 0.717) is 11.7 Å². The predicted octanol–water partition coefficient (Wildman–Crippen LogP) is 1.58. The molecule has 5 heteroatoms. The van der Waals surface area contributed by atoms with E-state index in [9.17, 15) is 0 Å². The monoisotopic (exact) mass is 217 g/mol. The van der Waals surface area contributed by atoms with E-state index in [0.717, 1.165) is 17.3 Å². The van der Waals surface area contributed by atoms with Crippen molar-refractivity contribution in [2.75, 3.05) is 5.73 Å². The summed E-state index contributed by atoms with van der Waals surface area (Å²) >= 11 is 0. The number of aromatic nitrogens is 4. The molecule has 0 saturated heterocycles. The maximum Gasteiger partial charge on any atom is 0.176 e. The normalized spacial score (nSPS) is 11.0. The van der Waals surface area contributed by atoms with Gasteiger partial charge in [-0.1, -0.05) is 19.9 Å². The van der Waals surface area contributed by atoms with Crippen LogP contribution in [0.25, 0.3) is 11.5 Å². The number of anilines is 1. The molecule has 16 heavy (non-hydrogen) atoms. The zero-order chi connectivity index (χ0) is 11.7. The number of nitrogen functional groups attached to an aromatic ring is 1. The van der Waals surface area contributed by atoms with Gasteiger partial charge in [-0.2, -0.15) is 5.10 Å². The Hall–Kier alpha value is -1.91. The van der Waals surface area contributed by atoms with E-state index in [1.54, 1.807) is 10.7 Å². The molecule has 5 nitrogen and oxygen atoms in total. The zero-order valence-electron chi connectivity index (χ0n) is 9.68. The number of aryl methyl sites for hydroxylation is 1. The van der Waals surface area contributed by atoms with Gasteiger partial charge in [-0.25, -0.2) is 14.6 Å². The number of nitrogens with two attached hydrogens (primary N) is 1. The van der Waals surface area contributed by atoms with Crippen molar-refractivity contribution in [2.24, 2.45) is 7.05 Å². The minimum atomic E-state index is 0.306. The first-order chi connectivity index (χ1) is 7.58. The molecule has 0 fully saturated rings. The molecule has 0 atom stereocenters. The second-order valence-corrected chi connectivity index (χ2v) is 4.02. The lowest BCUT2D eigenvalue weighted by Crippen LogP contribution is -1.98. The number of hydrogen-bond acceptors (Lipinski definition) is 4. The van der Waals surface area contributed by atoms with Crippen LogP contribution in [0.1, 0.15) is 25.6 Å². The Morgan fingerprint density at radius 3 is 2.56 bits per heavy atom. The van der Waals surface area contributed by atoms with Gasteiger partial charge in [-0.15, -0.1) is 0 Å². The van der Waals surface area contributed by atoms with Crippen LogP contribution in [0.15, 0.2) is 18.2 Å². The van der Waals surface area contributed by atoms with Crippen LogP contribution in [0, 0.1) is 0 Å². The van der Waals surface area contributed by atoms with Crippen molar-refractivity contribution in [1.82, 2.24) is 19.7 Å². The van der Waals surface area contributed by atoms with Gasteiger partial charge in [0.05, 0.1) is 0 Å². The molecular formula is C11H15N5. The number of hydrogen-bond donors (Lipinski definition) is 1.